The smallest absolute Gasteiger partial charge is 0.241 e. The van der Waals surface area contributed by atoms with E-state index in [4.69, 9.17) is 4.42 Å². The van der Waals surface area contributed by atoms with Gasteiger partial charge in [0.25, 0.3) is 0 Å². The van der Waals surface area contributed by atoms with E-state index in [2.05, 4.69) is 9.71 Å². The molecular weight excluding hydrogens is 292 g/mol. The molecule has 0 aliphatic carbocycles. The van der Waals surface area contributed by atoms with E-state index in [0.29, 0.717) is 17.2 Å². The molecule has 1 heterocycles. The van der Waals surface area contributed by atoms with Crippen LogP contribution in [0.1, 0.15) is 28.5 Å². The molecule has 21 heavy (non-hydrogen) atoms. The van der Waals surface area contributed by atoms with Crippen LogP contribution in [-0.4, -0.2) is 18.5 Å². The van der Waals surface area contributed by atoms with Gasteiger partial charge < -0.3 is 9.52 Å². The van der Waals surface area contributed by atoms with Crippen molar-refractivity contribution in [2.75, 3.05) is 0 Å². The van der Waals surface area contributed by atoms with Gasteiger partial charge in [0.2, 0.25) is 15.9 Å². The summed E-state index contributed by atoms with van der Waals surface area (Å²) in [6.07, 6.45) is 0. The topological polar surface area (TPSA) is 92.4 Å². The molecule has 2 N–H and O–H groups in total. The van der Waals surface area contributed by atoms with E-state index in [1.807, 2.05) is 6.92 Å². The largest absolute Gasteiger partial charge is 0.444 e. The minimum atomic E-state index is -3.67. The van der Waals surface area contributed by atoms with Crippen LogP contribution >= 0.6 is 0 Å². The molecule has 114 valence electrons. The predicted octanol–water partition coefficient (Wildman–Crippen LogP) is 1.57. The SMILES string of the molecule is Cc1ccc(S(=O)(=O)NCc2nc(C)c(C)o2)cc1CO. The summed E-state index contributed by atoms with van der Waals surface area (Å²) in [6, 6.07) is 4.63. The van der Waals surface area contributed by atoms with Crippen molar-refractivity contribution < 1.29 is 17.9 Å². The number of rotatable bonds is 5. The van der Waals surface area contributed by atoms with Crippen LogP contribution < -0.4 is 4.72 Å². The summed E-state index contributed by atoms with van der Waals surface area (Å²) in [5.41, 5.74) is 2.16. The first kappa shape index (κ1) is 15.7. The van der Waals surface area contributed by atoms with Gasteiger partial charge in [0.1, 0.15) is 5.76 Å². The standard InChI is InChI=1S/C14H18N2O4S/c1-9-4-5-13(6-12(9)8-17)21(18,19)15-7-14-16-10(2)11(3)20-14/h4-6,15,17H,7-8H2,1-3H3. The second kappa shape index (κ2) is 5.97. The molecule has 1 aromatic heterocycles. The maximum absolute atomic E-state index is 12.2. The number of aliphatic hydroxyl groups is 1. The average molecular weight is 310 g/mol. The van der Waals surface area contributed by atoms with Crippen LogP contribution in [0.15, 0.2) is 27.5 Å². The maximum Gasteiger partial charge on any atom is 0.241 e. The number of hydrogen-bond donors (Lipinski definition) is 2. The first-order valence-corrected chi connectivity index (χ1v) is 7.95. The second-order valence-corrected chi connectivity index (χ2v) is 6.59. The van der Waals surface area contributed by atoms with Gasteiger partial charge in [0.05, 0.1) is 23.7 Å². The van der Waals surface area contributed by atoms with Crippen molar-refractivity contribution in [2.24, 2.45) is 0 Å². The van der Waals surface area contributed by atoms with Gasteiger partial charge in [0, 0.05) is 0 Å². The van der Waals surface area contributed by atoms with Crippen LogP contribution in [-0.2, 0) is 23.2 Å². The number of oxazole rings is 1. The van der Waals surface area contributed by atoms with Gasteiger partial charge in [-0.1, -0.05) is 6.07 Å². The van der Waals surface area contributed by atoms with Crippen molar-refractivity contribution in [3.8, 4) is 0 Å². The van der Waals surface area contributed by atoms with Crippen LogP contribution in [0.25, 0.3) is 0 Å². The normalized spacial score (nSPS) is 11.8. The lowest BCUT2D eigenvalue weighted by atomic mass is 10.1. The molecule has 0 amide bonds. The molecule has 6 nitrogen and oxygen atoms in total. The van der Waals surface area contributed by atoms with E-state index in [-0.39, 0.29) is 18.0 Å². The van der Waals surface area contributed by atoms with Crippen LogP contribution in [0.5, 0.6) is 0 Å². The molecule has 0 aliphatic rings. The van der Waals surface area contributed by atoms with E-state index in [0.717, 1.165) is 11.3 Å². The number of sulfonamides is 1. The molecule has 2 rings (SSSR count). The van der Waals surface area contributed by atoms with Gasteiger partial charge >= 0.3 is 0 Å². The first-order valence-electron chi connectivity index (χ1n) is 6.46. The zero-order valence-electron chi connectivity index (χ0n) is 12.2. The van der Waals surface area contributed by atoms with Crippen LogP contribution in [0, 0.1) is 20.8 Å². The minimum absolute atomic E-state index is 0.0145. The molecule has 0 radical (unpaired) electrons. The van der Waals surface area contributed by atoms with Crippen molar-refractivity contribution in [1.82, 2.24) is 9.71 Å². The Balaban J connectivity index is 2.18. The Morgan fingerprint density at radius 1 is 1.29 bits per heavy atom. The van der Waals surface area contributed by atoms with E-state index < -0.39 is 10.0 Å². The lowest BCUT2D eigenvalue weighted by Gasteiger charge is -2.08. The van der Waals surface area contributed by atoms with Crippen LogP contribution in [0.2, 0.25) is 0 Å². The highest BCUT2D eigenvalue weighted by Gasteiger charge is 2.16. The van der Waals surface area contributed by atoms with Crippen LogP contribution in [0.3, 0.4) is 0 Å². The Morgan fingerprint density at radius 2 is 2.00 bits per heavy atom. The molecule has 0 atom stereocenters. The zero-order chi connectivity index (χ0) is 15.6. The van der Waals surface area contributed by atoms with Crippen molar-refractivity contribution in [3.63, 3.8) is 0 Å². The number of aliphatic hydroxyl groups excluding tert-OH is 1. The van der Waals surface area contributed by atoms with E-state index in [1.54, 1.807) is 19.9 Å². The number of nitrogens with zero attached hydrogens (tertiary/aromatic N) is 1. The summed E-state index contributed by atoms with van der Waals surface area (Å²) < 4.78 is 32.2. The summed E-state index contributed by atoms with van der Waals surface area (Å²) in [7, 11) is -3.67. The molecule has 2 aromatic rings. The number of nitrogens with one attached hydrogen (secondary N) is 1. The van der Waals surface area contributed by atoms with Crippen molar-refractivity contribution >= 4 is 10.0 Å². The molecule has 0 spiro atoms. The van der Waals surface area contributed by atoms with Crippen molar-refractivity contribution in [1.29, 1.82) is 0 Å². The molecule has 0 aliphatic heterocycles. The van der Waals surface area contributed by atoms with Crippen molar-refractivity contribution in [2.45, 2.75) is 38.8 Å². The Labute approximate surface area is 123 Å². The van der Waals surface area contributed by atoms with Gasteiger partial charge in [-0.25, -0.2) is 18.1 Å². The summed E-state index contributed by atoms with van der Waals surface area (Å²) in [5.74, 6) is 0.991. The predicted molar refractivity (Wildman–Crippen MR) is 77.1 cm³/mol. The van der Waals surface area contributed by atoms with E-state index in [9.17, 15) is 13.5 Å². The fourth-order valence-electron chi connectivity index (χ4n) is 1.84. The summed E-state index contributed by atoms with van der Waals surface area (Å²) >= 11 is 0. The third-order valence-electron chi connectivity index (χ3n) is 3.29. The summed E-state index contributed by atoms with van der Waals surface area (Å²) in [4.78, 5) is 4.23. The van der Waals surface area contributed by atoms with Gasteiger partial charge in [-0.05, 0) is 44.0 Å². The monoisotopic (exact) mass is 310 g/mol. The molecule has 0 saturated carbocycles. The lowest BCUT2D eigenvalue weighted by Crippen LogP contribution is -2.23. The number of aromatic nitrogens is 1. The van der Waals surface area contributed by atoms with Gasteiger partial charge in [-0.15, -0.1) is 0 Å². The summed E-state index contributed by atoms with van der Waals surface area (Å²) in [5, 5.41) is 9.21. The minimum Gasteiger partial charge on any atom is -0.444 e. The third kappa shape index (κ3) is 3.49. The maximum atomic E-state index is 12.2. The van der Waals surface area contributed by atoms with Gasteiger partial charge in [0.15, 0.2) is 0 Å². The molecular formula is C14H18N2O4S. The molecule has 1 aromatic carbocycles. The first-order chi connectivity index (χ1) is 9.83. The van der Waals surface area contributed by atoms with E-state index >= 15 is 0 Å². The Kier molecular flexibility index (Phi) is 4.46. The fourth-order valence-corrected chi connectivity index (χ4v) is 2.86. The average Bonchev–Trinajstić information content (AvgIpc) is 2.76. The second-order valence-electron chi connectivity index (χ2n) is 4.82. The van der Waals surface area contributed by atoms with Crippen molar-refractivity contribution in [3.05, 3.63) is 46.7 Å². The Morgan fingerprint density at radius 3 is 2.57 bits per heavy atom. The molecule has 0 unspecified atom stereocenters. The highest BCUT2D eigenvalue weighted by Crippen LogP contribution is 2.16. The zero-order valence-corrected chi connectivity index (χ0v) is 13.0. The molecule has 7 heteroatoms. The highest BCUT2D eigenvalue weighted by atomic mass is 32.2. The summed E-state index contributed by atoms with van der Waals surface area (Å²) in [6.45, 7) is 5.17. The number of benzene rings is 1. The molecule has 0 bridgehead atoms. The molecule has 0 saturated heterocycles. The highest BCUT2D eigenvalue weighted by molar-refractivity contribution is 7.89. The quantitative estimate of drug-likeness (QED) is 0.874. The third-order valence-corrected chi connectivity index (χ3v) is 4.69. The Bertz CT molecular complexity index is 731. The van der Waals surface area contributed by atoms with Crippen LogP contribution in [0.4, 0.5) is 0 Å². The number of hydrogen-bond acceptors (Lipinski definition) is 5. The van der Waals surface area contributed by atoms with E-state index in [1.165, 1.54) is 12.1 Å². The van der Waals surface area contributed by atoms with Gasteiger partial charge in [-0.2, -0.15) is 0 Å². The fraction of sp³-hybridized carbons (Fsp3) is 0.357. The Hall–Kier alpha value is -1.70. The molecule has 0 fully saturated rings. The number of aryl methyl sites for hydroxylation is 3. The lowest BCUT2D eigenvalue weighted by molar-refractivity contribution is 0.280. The van der Waals surface area contributed by atoms with Gasteiger partial charge in [-0.3, -0.25) is 0 Å².